The van der Waals surface area contributed by atoms with Crippen LogP contribution >= 0.6 is 27.5 Å². The fourth-order valence-electron chi connectivity index (χ4n) is 1.69. The number of aliphatic hydroxyl groups excluding tert-OH is 1. The second-order valence-corrected chi connectivity index (χ2v) is 6.02. The van der Waals surface area contributed by atoms with Gasteiger partial charge in [0.15, 0.2) is 0 Å². The average Bonchev–Trinajstić information content (AvgIpc) is 2.41. The van der Waals surface area contributed by atoms with E-state index in [4.69, 9.17) is 16.3 Å². The van der Waals surface area contributed by atoms with E-state index in [0.29, 0.717) is 16.7 Å². The molecule has 1 aromatic heterocycles. The van der Waals surface area contributed by atoms with E-state index in [-0.39, 0.29) is 12.5 Å². The summed E-state index contributed by atoms with van der Waals surface area (Å²) in [6.45, 7) is 4.05. The Morgan fingerprint density at radius 3 is 2.65 bits per heavy atom. The summed E-state index contributed by atoms with van der Waals surface area (Å²) in [6.07, 6.45) is 0. The molecule has 2 rings (SSSR count). The van der Waals surface area contributed by atoms with Crippen LogP contribution in [0.3, 0.4) is 0 Å². The number of halogens is 2. The van der Waals surface area contributed by atoms with Gasteiger partial charge in [-0.05, 0) is 51.7 Å². The van der Waals surface area contributed by atoms with Crippen molar-refractivity contribution in [2.24, 2.45) is 0 Å². The Morgan fingerprint density at radius 1 is 1.30 bits per heavy atom. The summed E-state index contributed by atoms with van der Waals surface area (Å²) >= 11 is 9.30. The third-order valence-electron chi connectivity index (χ3n) is 2.76. The molecule has 20 heavy (non-hydrogen) atoms. The molecule has 2 aromatic rings. The van der Waals surface area contributed by atoms with Gasteiger partial charge in [-0.15, -0.1) is 0 Å². The van der Waals surface area contributed by atoms with Crippen molar-refractivity contribution in [2.75, 3.05) is 0 Å². The van der Waals surface area contributed by atoms with Crippen molar-refractivity contribution in [2.45, 2.75) is 26.4 Å². The number of benzene rings is 1. The highest BCUT2D eigenvalue weighted by Gasteiger charge is 2.09. The molecule has 0 unspecified atom stereocenters. The Morgan fingerprint density at radius 2 is 2.05 bits per heavy atom. The Balaban J connectivity index is 2.34. The normalized spacial score (nSPS) is 10.9. The molecule has 0 saturated heterocycles. The average molecular weight is 357 g/mol. The molecule has 0 spiro atoms. The molecular weight excluding hydrogens is 342 g/mol. The molecule has 1 aromatic carbocycles. The number of ether oxygens (including phenoxy) is 1. The van der Waals surface area contributed by atoms with Crippen molar-refractivity contribution < 1.29 is 9.84 Å². The number of hydrogen-bond donors (Lipinski definition) is 1. The molecule has 0 aliphatic carbocycles. The van der Waals surface area contributed by atoms with Gasteiger partial charge in [-0.2, -0.15) is 0 Å². The van der Waals surface area contributed by atoms with Gasteiger partial charge in [0.25, 0.3) is 0 Å². The minimum Gasteiger partial charge on any atom is -0.438 e. The molecule has 5 heteroatoms. The van der Waals surface area contributed by atoms with Crippen LogP contribution in [0.1, 0.15) is 31.0 Å². The van der Waals surface area contributed by atoms with E-state index in [1.54, 1.807) is 24.3 Å². The first kappa shape index (κ1) is 15.3. The van der Waals surface area contributed by atoms with Gasteiger partial charge in [0.1, 0.15) is 5.75 Å². The smallest absolute Gasteiger partial charge is 0.219 e. The number of aliphatic hydroxyl groups is 1. The Bertz CT molecular complexity index is 617. The van der Waals surface area contributed by atoms with Crippen LogP contribution in [-0.4, -0.2) is 10.1 Å². The highest BCUT2D eigenvalue weighted by atomic mass is 79.9. The van der Waals surface area contributed by atoms with Crippen LogP contribution in [0.25, 0.3) is 0 Å². The summed E-state index contributed by atoms with van der Waals surface area (Å²) < 4.78 is 6.53. The second kappa shape index (κ2) is 6.57. The maximum absolute atomic E-state index is 9.32. The van der Waals surface area contributed by atoms with Gasteiger partial charge >= 0.3 is 0 Å². The third kappa shape index (κ3) is 3.72. The van der Waals surface area contributed by atoms with Crippen LogP contribution in [0.4, 0.5) is 0 Å². The van der Waals surface area contributed by atoms with Crippen molar-refractivity contribution in [3.05, 3.63) is 51.1 Å². The number of aromatic nitrogens is 1. The van der Waals surface area contributed by atoms with E-state index in [2.05, 4.69) is 20.9 Å². The van der Waals surface area contributed by atoms with Crippen molar-refractivity contribution in [3.63, 3.8) is 0 Å². The van der Waals surface area contributed by atoms with Crippen LogP contribution in [0.15, 0.2) is 34.8 Å². The van der Waals surface area contributed by atoms with E-state index in [9.17, 15) is 5.11 Å². The van der Waals surface area contributed by atoms with Gasteiger partial charge in [-0.25, -0.2) is 4.98 Å². The Labute approximate surface area is 131 Å². The molecule has 0 bridgehead atoms. The van der Waals surface area contributed by atoms with Crippen LogP contribution in [0.2, 0.25) is 5.02 Å². The van der Waals surface area contributed by atoms with Crippen molar-refractivity contribution in [3.8, 4) is 11.6 Å². The predicted molar refractivity (Wildman–Crippen MR) is 83.5 cm³/mol. The minimum absolute atomic E-state index is 0.0413. The van der Waals surface area contributed by atoms with Crippen molar-refractivity contribution >= 4 is 27.5 Å². The van der Waals surface area contributed by atoms with Gasteiger partial charge < -0.3 is 9.84 Å². The van der Waals surface area contributed by atoms with Gasteiger partial charge in [-0.1, -0.05) is 25.4 Å². The summed E-state index contributed by atoms with van der Waals surface area (Å²) in [5.74, 6) is 1.35. The van der Waals surface area contributed by atoms with E-state index >= 15 is 0 Å². The standard InChI is InChI=1S/C15H15BrClNO2/c1-9(2)13-5-10(8-19)6-15(18-13)20-14-4-3-11(17)7-12(14)16/h3-7,9,19H,8H2,1-2H3. The van der Waals surface area contributed by atoms with Gasteiger partial charge in [0.2, 0.25) is 5.88 Å². The van der Waals surface area contributed by atoms with Crippen molar-refractivity contribution in [1.82, 2.24) is 4.98 Å². The van der Waals surface area contributed by atoms with Gasteiger partial charge in [-0.3, -0.25) is 0 Å². The first-order valence-corrected chi connectivity index (χ1v) is 7.41. The molecule has 3 nitrogen and oxygen atoms in total. The van der Waals surface area contributed by atoms with E-state index in [1.807, 2.05) is 19.9 Å². The first-order valence-electron chi connectivity index (χ1n) is 6.24. The molecule has 0 aliphatic heterocycles. The third-order valence-corrected chi connectivity index (χ3v) is 3.62. The molecular formula is C15H15BrClNO2. The number of rotatable bonds is 4. The lowest BCUT2D eigenvalue weighted by Gasteiger charge is -2.12. The zero-order valence-electron chi connectivity index (χ0n) is 11.2. The Hall–Kier alpha value is -1.10. The maximum atomic E-state index is 9.32. The highest BCUT2D eigenvalue weighted by molar-refractivity contribution is 9.10. The monoisotopic (exact) mass is 355 g/mol. The zero-order chi connectivity index (χ0) is 14.7. The fourth-order valence-corrected chi connectivity index (χ4v) is 2.46. The molecule has 0 amide bonds. The zero-order valence-corrected chi connectivity index (χ0v) is 13.6. The second-order valence-electron chi connectivity index (χ2n) is 4.73. The topological polar surface area (TPSA) is 42.4 Å². The van der Waals surface area contributed by atoms with E-state index < -0.39 is 0 Å². The predicted octanol–water partition coefficient (Wildman–Crippen LogP) is 4.91. The lowest BCUT2D eigenvalue weighted by atomic mass is 10.1. The van der Waals surface area contributed by atoms with E-state index in [0.717, 1.165) is 15.7 Å². The van der Waals surface area contributed by atoms with Crippen LogP contribution < -0.4 is 4.74 Å². The molecule has 0 fully saturated rings. The molecule has 0 aliphatic rings. The summed E-state index contributed by atoms with van der Waals surface area (Å²) in [4.78, 5) is 4.45. The quantitative estimate of drug-likeness (QED) is 0.846. The summed E-state index contributed by atoms with van der Waals surface area (Å²) in [5, 5.41) is 9.94. The Kier molecular flexibility index (Phi) is 5.02. The molecule has 0 radical (unpaired) electrons. The summed E-state index contributed by atoms with van der Waals surface area (Å²) in [5.41, 5.74) is 1.67. The van der Waals surface area contributed by atoms with Gasteiger partial charge in [0.05, 0.1) is 11.1 Å². The number of pyridine rings is 1. The molecule has 1 heterocycles. The van der Waals surface area contributed by atoms with Gasteiger partial charge in [0, 0.05) is 16.8 Å². The first-order chi connectivity index (χ1) is 9.49. The van der Waals surface area contributed by atoms with Crippen LogP contribution in [0, 0.1) is 0 Å². The maximum Gasteiger partial charge on any atom is 0.219 e. The minimum atomic E-state index is -0.0413. The highest BCUT2D eigenvalue weighted by Crippen LogP contribution is 2.32. The largest absolute Gasteiger partial charge is 0.438 e. The molecule has 1 N–H and O–H groups in total. The molecule has 0 saturated carbocycles. The van der Waals surface area contributed by atoms with Crippen molar-refractivity contribution in [1.29, 1.82) is 0 Å². The lowest BCUT2D eigenvalue weighted by molar-refractivity contribution is 0.280. The van der Waals surface area contributed by atoms with E-state index in [1.165, 1.54) is 0 Å². The lowest BCUT2D eigenvalue weighted by Crippen LogP contribution is -1.99. The SMILES string of the molecule is CC(C)c1cc(CO)cc(Oc2ccc(Cl)cc2Br)n1. The summed E-state index contributed by atoms with van der Waals surface area (Å²) in [6, 6.07) is 8.90. The number of hydrogen-bond acceptors (Lipinski definition) is 3. The summed E-state index contributed by atoms with van der Waals surface area (Å²) in [7, 11) is 0. The fraction of sp³-hybridized carbons (Fsp3) is 0.267. The number of nitrogens with zero attached hydrogens (tertiary/aromatic N) is 1. The van der Waals surface area contributed by atoms with Crippen LogP contribution in [-0.2, 0) is 6.61 Å². The molecule has 0 atom stereocenters. The molecule has 106 valence electrons. The van der Waals surface area contributed by atoms with Crippen LogP contribution in [0.5, 0.6) is 11.6 Å².